The van der Waals surface area contributed by atoms with Gasteiger partial charge in [0.25, 0.3) is 5.56 Å². The van der Waals surface area contributed by atoms with Crippen molar-refractivity contribution in [2.24, 2.45) is 5.73 Å². The maximum Gasteiger partial charge on any atom is 0.258 e. The molecule has 1 aliphatic rings. The molecule has 4 rings (SSSR count). The molecule has 0 atom stereocenters. The Hall–Kier alpha value is -2.26. The van der Waals surface area contributed by atoms with Crippen molar-refractivity contribution in [3.05, 3.63) is 58.0 Å². The fourth-order valence-corrected chi connectivity index (χ4v) is 3.48. The summed E-state index contributed by atoms with van der Waals surface area (Å²) in [4.78, 5) is 28.7. The van der Waals surface area contributed by atoms with E-state index in [-0.39, 0.29) is 36.4 Å². The number of para-hydroxylation sites is 1. The summed E-state index contributed by atoms with van der Waals surface area (Å²) >= 11 is 0. The minimum Gasteiger partial charge on any atom is -0.377 e. The van der Waals surface area contributed by atoms with E-state index in [4.69, 9.17) is 10.5 Å². The molecule has 2 aromatic heterocycles. The van der Waals surface area contributed by atoms with Crippen LogP contribution in [0.2, 0.25) is 0 Å². The van der Waals surface area contributed by atoms with Gasteiger partial charge in [-0.25, -0.2) is 15.0 Å². The number of nitrogens with zero attached hydrogens (tertiary/aromatic N) is 3. The summed E-state index contributed by atoms with van der Waals surface area (Å²) < 4.78 is 5.19. The van der Waals surface area contributed by atoms with Crippen LogP contribution in [0.15, 0.2) is 35.1 Å². The molecule has 2 heterocycles. The van der Waals surface area contributed by atoms with E-state index >= 15 is 0 Å². The monoisotopic (exact) mass is 452 g/mol. The minimum atomic E-state index is -0.117. The van der Waals surface area contributed by atoms with Gasteiger partial charge in [-0.05, 0) is 25.0 Å². The van der Waals surface area contributed by atoms with Crippen molar-refractivity contribution in [3.63, 3.8) is 0 Å². The Kier molecular flexibility index (Phi) is 8.54. The first-order chi connectivity index (χ1) is 13.6. The fraction of sp³-hybridized carbons (Fsp3) is 0.400. The van der Waals surface area contributed by atoms with Crippen LogP contribution in [-0.2, 0) is 17.8 Å². The molecule has 1 fully saturated rings. The van der Waals surface area contributed by atoms with Crippen LogP contribution < -0.4 is 16.6 Å². The lowest BCUT2D eigenvalue weighted by Crippen LogP contribution is -2.35. The quantitative estimate of drug-likeness (QED) is 0.503. The van der Waals surface area contributed by atoms with Crippen LogP contribution in [-0.4, -0.2) is 39.6 Å². The zero-order valence-electron chi connectivity index (χ0n) is 16.6. The first kappa shape index (κ1) is 24.0. The van der Waals surface area contributed by atoms with E-state index in [0.29, 0.717) is 48.0 Å². The molecule has 1 aliphatic carbocycles. The molecule has 8 nitrogen and oxygen atoms in total. The highest BCUT2D eigenvalue weighted by atomic mass is 35.5. The zero-order chi connectivity index (χ0) is 19.5. The van der Waals surface area contributed by atoms with Gasteiger partial charge < -0.3 is 20.8 Å². The zero-order valence-corrected chi connectivity index (χ0v) is 18.3. The largest absolute Gasteiger partial charge is 0.377 e. The number of nitrogens with two attached hydrogens (primary N) is 1. The normalized spacial score (nSPS) is 17.5. The Labute approximate surface area is 186 Å². The van der Waals surface area contributed by atoms with E-state index in [1.165, 1.54) is 0 Å². The van der Waals surface area contributed by atoms with Gasteiger partial charge in [0.05, 0.1) is 10.9 Å². The van der Waals surface area contributed by atoms with Gasteiger partial charge >= 0.3 is 0 Å². The molecular formula is C20H26Cl2N6O2. The fourth-order valence-electron chi connectivity index (χ4n) is 3.48. The van der Waals surface area contributed by atoms with E-state index in [2.05, 4.69) is 25.3 Å². The van der Waals surface area contributed by atoms with Crippen LogP contribution in [0, 0.1) is 0 Å². The van der Waals surface area contributed by atoms with E-state index in [1.807, 2.05) is 24.3 Å². The van der Waals surface area contributed by atoms with Gasteiger partial charge in [-0.3, -0.25) is 4.79 Å². The summed E-state index contributed by atoms with van der Waals surface area (Å²) in [6.07, 6.45) is 2.48. The Balaban J connectivity index is 0.00000160. The van der Waals surface area contributed by atoms with E-state index in [9.17, 15) is 4.79 Å². The molecule has 30 heavy (non-hydrogen) atoms. The molecular weight excluding hydrogens is 427 g/mol. The van der Waals surface area contributed by atoms with Crippen molar-refractivity contribution in [2.75, 3.05) is 19.0 Å². The molecule has 0 saturated heterocycles. The number of ether oxygens (including phenoxy) is 1. The number of hydrogen-bond acceptors (Lipinski definition) is 7. The number of halogens is 2. The van der Waals surface area contributed by atoms with Crippen LogP contribution in [0.5, 0.6) is 0 Å². The molecule has 0 radical (unpaired) electrons. The van der Waals surface area contributed by atoms with E-state index in [1.54, 1.807) is 13.2 Å². The number of anilines is 1. The highest BCUT2D eigenvalue weighted by molar-refractivity contribution is 5.85. The van der Waals surface area contributed by atoms with E-state index < -0.39 is 0 Å². The number of rotatable bonds is 7. The van der Waals surface area contributed by atoms with Crippen LogP contribution in [0.25, 0.3) is 10.9 Å². The number of aromatic amines is 1. The third-order valence-corrected chi connectivity index (χ3v) is 4.99. The molecule has 3 aromatic rings. The number of aromatic nitrogens is 4. The third kappa shape index (κ3) is 5.46. The molecule has 4 N–H and O–H groups in total. The maximum absolute atomic E-state index is 12.2. The number of methoxy groups -OCH3 is 1. The number of H-pyrrole nitrogens is 1. The van der Waals surface area contributed by atoms with Crippen LogP contribution in [0.4, 0.5) is 5.82 Å². The Bertz CT molecular complexity index is 1040. The van der Waals surface area contributed by atoms with Gasteiger partial charge in [0.15, 0.2) is 5.82 Å². The van der Waals surface area contributed by atoms with Crippen molar-refractivity contribution in [2.45, 2.75) is 37.8 Å². The number of hydrogen-bond donors (Lipinski definition) is 3. The van der Waals surface area contributed by atoms with Gasteiger partial charge in [0, 0.05) is 43.8 Å². The smallest absolute Gasteiger partial charge is 0.258 e. The Morgan fingerprint density at radius 2 is 1.97 bits per heavy atom. The second kappa shape index (κ2) is 10.7. The standard InChI is InChI=1S/C20H24N6O2.2ClH/c1-28-11-19-24-16(12-8-13(21)9-12)10-18(25-19)22-7-6-17-23-15-5-3-2-4-14(15)20(27)26-17;;/h2-5,10,12-13H,6-9,11,21H2,1H3,(H,22,24,25)(H,23,26,27);2*1H. The van der Waals surface area contributed by atoms with Crippen LogP contribution in [0.3, 0.4) is 0 Å². The highest BCUT2D eigenvalue weighted by Gasteiger charge is 2.29. The summed E-state index contributed by atoms with van der Waals surface area (Å²) in [5.74, 6) is 2.43. The van der Waals surface area contributed by atoms with Crippen molar-refractivity contribution in [1.82, 2.24) is 19.9 Å². The number of nitrogens with one attached hydrogen (secondary N) is 2. The van der Waals surface area contributed by atoms with Crippen molar-refractivity contribution < 1.29 is 4.74 Å². The summed E-state index contributed by atoms with van der Waals surface area (Å²) in [6.45, 7) is 0.954. The molecule has 0 aliphatic heterocycles. The second-order valence-corrected chi connectivity index (χ2v) is 7.16. The predicted molar refractivity (Wildman–Crippen MR) is 122 cm³/mol. The molecule has 0 unspecified atom stereocenters. The van der Waals surface area contributed by atoms with Gasteiger partial charge in [0.2, 0.25) is 0 Å². The second-order valence-electron chi connectivity index (χ2n) is 7.16. The van der Waals surface area contributed by atoms with Crippen molar-refractivity contribution in [3.8, 4) is 0 Å². The lowest BCUT2D eigenvalue weighted by molar-refractivity contribution is 0.177. The molecule has 10 heteroatoms. The van der Waals surface area contributed by atoms with Gasteiger partial charge in [0.1, 0.15) is 18.2 Å². The van der Waals surface area contributed by atoms with Gasteiger partial charge in [-0.1, -0.05) is 12.1 Å². The SMILES string of the molecule is COCc1nc(NCCc2nc3ccccc3c(=O)[nH]2)cc(C2CC(N)C2)n1.Cl.Cl. The Morgan fingerprint density at radius 3 is 2.70 bits per heavy atom. The predicted octanol–water partition coefficient (Wildman–Crippen LogP) is 2.56. The molecule has 1 aromatic carbocycles. The molecule has 162 valence electrons. The average Bonchev–Trinajstić information content (AvgIpc) is 2.66. The summed E-state index contributed by atoms with van der Waals surface area (Å²) in [6, 6.07) is 9.57. The lowest BCUT2D eigenvalue weighted by Gasteiger charge is -2.32. The third-order valence-electron chi connectivity index (χ3n) is 4.99. The first-order valence-corrected chi connectivity index (χ1v) is 9.46. The molecule has 1 saturated carbocycles. The summed E-state index contributed by atoms with van der Waals surface area (Å²) in [5, 5.41) is 3.91. The molecule has 0 bridgehead atoms. The summed E-state index contributed by atoms with van der Waals surface area (Å²) in [7, 11) is 1.63. The first-order valence-electron chi connectivity index (χ1n) is 9.46. The van der Waals surface area contributed by atoms with Crippen molar-refractivity contribution >= 4 is 41.5 Å². The Morgan fingerprint density at radius 1 is 1.20 bits per heavy atom. The average molecular weight is 453 g/mol. The van der Waals surface area contributed by atoms with Gasteiger partial charge in [-0.2, -0.15) is 0 Å². The topological polar surface area (TPSA) is 119 Å². The number of fused-ring (bicyclic) bond motifs is 1. The van der Waals surface area contributed by atoms with Crippen LogP contribution in [0.1, 0.15) is 36.1 Å². The number of benzene rings is 1. The van der Waals surface area contributed by atoms with E-state index in [0.717, 1.165) is 24.4 Å². The summed E-state index contributed by atoms with van der Waals surface area (Å²) in [5.41, 5.74) is 7.51. The lowest BCUT2D eigenvalue weighted by atomic mass is 9.78. The molecule has 0 spiro atoms. The minimum absolute atomic E-state index is 0. The van der Waals surface area contributed by atoms with Gasteiger partial charge in [-0.15, -0.1) is 24.8 Å². The molecule has 0 amide bonds. The van der Waals surface area contributed by atoms with Crippen LogP contribution >= 0.6 is 24.8 Å². The highest BCUT2D eigenvalue weighted by Crippen LogP contribution is 2.35. The van der Waals surface area contributed by atoms with Crippen molar-refractivity contribution in [1.29, 1.82) is 0 Å². The maximum atomic E-state index is 12.2.